The number of hydrogen-bond donors (Lipinski definition) is 1. The van der Waals surface area contributed by atoms with Gasteiger partial charge in [0.1, 0.15) is 12.4 Å². The zero-order valence-corrected chi connectivity index (χ0v) is 16.1. The summed E-state index contributed by atoms with van der Waals surface area (Å²) in [5, 5.41) is 0. The molecule has 1 unspecified atom stereocenters. The van der Waals surface area contributed by atoms with E-state index in [0.29, 0.717) is 18.7 Å². The molecule has 0 aliphatic carbocycles. The number of likely N-dealkylation sites (tertiary alicyclic amines) is 1. The van der Waals surface area contributed by atoms with Gasteiger partial charge in [0.25, 0.3) is 5.91 Å². The van der Waals surface area contributed by atoms with E-state index in [2.05, 4.69) is 32.6 Å². The summed E-state index contributed by atoms with van der Waals surface area (Å²) in [6.45, 7) is 13.6. The molecule has 1 atom stereocenters. The largest absolute Gasteiger partial charge is 0.492 e. The van der Waals surface area contributed by atoms with Gasteiger partial charge in [-0.15, -0.1) is 0 Å². The van der Waals surface area contributed by atoms with E-state index in [1.54, 1.807) is 0 Å². The van der Waals surface area contributed by atoms with Crippen molar-refractivity contribution in [3.8, 4) is 5.75 Å². The Kier molecular flexibility index (Phi) is 6.85. The van der Waals surface area contributed by atoms with Crippen LogP contribution in [-0.4, -0.2) is 61.1 Å². The van der Waals surface area contributed by atoms with Gasteiger partial charge >= 0.3 is 0 Å². The minimum absolute atomic E-state index is 0.0403. The van der Waals surface area contributed by atoms with Crippen LogP contribution in [0.5, 0.6) is 5.75 Å². The molecule has 1 fully saturated rings. The van der Waals surface area contributed by atoms with E-state index in [9.17, 15) is 4.79 Å². The quantitative estimate of drug-likeness (QED) is 0.824. The number of carbonyl (C=O) groups is 1. The minimum Gasteiger partial charge on any atom is -0.492 e. The van der Waals surface area contributed by atoms with Gasteiger partial charge in [-0.3, -0.25) is 4.79 Å². The molecule has 0 bridgehead atoms. The predicted molar refractivity (Wildman–Crippen MR) is 102 cm³/mol. The molecule has 2 rings (SSSR count). The molecular formula is C20H33N3O2. The van der Waals surface area contributed by atoms with E-state index in [0.717, 1.165) is 38.3 Å². The Morgan fingerprint density at radius 2 is 1.92 bits per heavy atom. The van der Waals surface area contributed by atoms with Crippen LogP contribution < -0.4 is 10.5 Å². The molecule has 0 radical (unpaired) electrons. The second-order valence-corrected chi connectivity index (χ2v) is 7.51. The SMILES string of the molecule is CCN(CC)CCOc1ccc(C(=O)N2CCC(N)C(C)(C)C2)cc1. The lowest BCUT2D eigenvalue weighted by atomic mass is 9.79. The zero-order chi connectivity index (χ0) is 18.4. The van der Waals surface area contributed by atoms with E-state index >= 15 is 0 Å². The number of nitrogens with two attached hydrogens (primary N) is 1. The number of likely N-dealkylation sites (N-methyl/N-ethyl adjacent to an activating group) is 1. The van der Waals surface area contributed by atoms with Gasteiger partial charge in [0.2, 0.25) is 0 Å². The number of ether oxygens (including phenoxy) is 1. The summed E-state index contributed by atoms with van der Waals surface area (Å²) in [5.74, 6) is 0.888. The van der Waals surface area contributed by atoms with Crippen molar-refractivity contribution < 1.29 is 9.53 Å². The van der Waals surface area contributed by atoms with Crippen LogP contribution >= 0.6 is 0 Å². The number of nitrogens with zero attached hydrogens (tertiary/aromatic N) is 2. The maximum atomic E-state index is 12.7. The molecule has 1 saturated heterocycles. The number of amides is 1. The fourth-order valence-corrected chi connectivity index (χ4v) is 3.26. The van der Waals surface area contributed by atoms with Crippen molar-refractivity contribution in [2.24, 2.45) is 11.1 Å². The minimum atomic E-state index is -0.0403. The average molecular weight is 348 g/mol. The molecule has 25 heavy (non-hydrogen) atoms. The molecule has 0 saturated carbocycles. The van der Waals surface area contributed by atoms with Gasteiger partial charge in [0.05, 0.1) is 0 Å². The lowest BCUT2D eigenvalue weighted by Crippen LogP contribution is -2.53. The van der Waals surface area contributed by atoms with E-state index in [1.165, 1.54) is 0 Å². The molecule has 1 aromatic rings. The van der Waals surface area contributed by atoms with Crippen LogP contribution in [0.4, 0.5) is 0 Å². The molecular weight excluding hydrogens is 314 g/mol. The first kappa shape index (κ1) is 19.7. The van der Waals surface area contributed by atoms with Crippen molar-refractivity contribution in [2.75, 3.05) is 39.3 Å². The average Bonchev–Trinajstić information content (AvgIpc) is 2.61. The van der Waals surface area contributed by atoms with Gasteiger partial charge in [-0.2, -0.15) is 0 Å². The second kappa shape index (κ2) is 8.68. The Hall–Kier alpha value is -1.59. The number of hydrogen-bond acceptors (Lipinski definition) is 4. The van der Waals surface area contributed by atoms with Gasteiger partial charge in [-0.25, -0.2) is 0 Å². The van der Waals surface area contributed by atoms with Crippen LogP contribution in [0.25, 0.3) is 0 Å². The number of piperidine rings is 1. The smallest absolute Gasteiger partial charge is 0.253 e. The molecule has 1 aliphatic heterocycles. The van der Waals surface area contributed by atoms with E-state index in [-0.39, 0.29) is 17.4 Å². The summed E-state index contributed by atoms with van der Waals surface area (Å²) < 4.78 is 5.78. The van der Waals surface area contributed by atoms with Crippen molar-refractivity contribution in [2.45, 2.75) is 40.2 Å². The Balaban J connectivity index is 1.90. The maximum Gasteiger partial charge on any atom is 0.253 e. The van der Waals surface area contributed by atoms with Crippen LogP contribution in [0.1, 0.15) is 44.5 Å². The Labute approximate surface area is 152 Å². The van der Waals surface area contributed by atoms with E-state index < -0.39 is 0 Å². The van der Waals surface area contributed by atoms with Crippen LogP contribution in [-0.2, 0) is 0 Å². The molecule has 1 aromatic carbocycles. The van der Waals surface area contributed by atoms with Gasteiger partial charge in [-0.1, -0.05) is 27.7 Å². The van der Waals surface area contributed by atoms with E-state index in [1.807, 2.05) is 29.2 Å². The zero-order valence-electron chi connectivity index (χ0n) is 16.1. The fourth-order valence-electron chi connectivity index (χ4n) is 3.26. The summed E-state index contributed by atoms with van der Waals surface area (Å²) in [6, 6.07) is 7.64. The number of benzene rings is 1. The second-order valence-electron chi connectivity index (χ2n) is 7.51. The normalized spacial score (nSPS) is 19.9. The monoisotopic (exact) mass is 347 g/mol. The first-order chi connectivity index (χ1) is 11.9. The summed E-state index contributed by atoms with van der Waals surface area (Å²) >= 11 is 0. The predicted octanol–water partition coefficient (Wildman–Crippen LogP) is 2.61. The first-order valence-corrected chi connectivity index (χ1v) is 9.37. The number of rotatable bonds is 7. The summed E-state index contributed by atoms with van der Waals surface area (Å²) in [7, 11) is 0. The summed E-state index contributed by atoms with van der Waals surface area (Å²) in [4.78, 5) is 17.0. The van der Waals surface area contributed by atoms with Crippen LogP contribution in [0.2, 0.25) is 0 Å². The standard InChI is InChI=1S/C20H33N3O2/c1-5-22(6-2)13-14-25-17-9-7-16(8-10-17)19(24)23-12-11-18(21)20(3,4)15-23/h7-10,18H,5-6,11-15,21H2,1-4H3. The topological polar surface area (TPSA) is 58.8 Å². The Bertz CT molecular complexity index is 553. The van der Waals surface area contributed by atoms with Crippen molar-refractivity contribution in [3.05, 3.63) is 29.8 Å². The van der Waals surface area contributed by atoms with Crippen LogP contribution in [0, 0.1) is 5.41 Å². The third kappa shape index (κ3) is 5.19. The molecule has 5 heteroatoms. The third-order valence-electron chi connectivity index (χ3n) is 5.27. The van der Waals surface area contributed by atoms with Crippen molar-refractivity contribution in [1.29, 1.82) is 0 Å². The van der Waals surface area contributed by atoms with Gasteiger partial charge in [0.15, 0.2) is 0 Å². The number of carbonyl (C=O) groups excluding carboxylic acids is 1. The van der Waals surface area contributed by atoms with E-state index in [4.69, 9.17) is 10.5 Å². The molecule has 1 heterocycles. The maximum absolute atomic E-state index is 12.7. The van der Waals surface area contributed by atoms with Crippen LogP contribution in [0.15, 0.2) is 24.3 Å². The molecule has 1 amide bonds. The highest BCUT2D eigenvalue weighted by Gasteiger charge is 2.35. The van der Waals surface area contributed by atoms with Gasteiger partial charge < -0.3 is 20.3 Å². The lowest BCUT2D eigenvalue weighted by molar-refractivity contribution is 0.0533. The molecule has 0 spiro atoms. The van der Waals surface area contributed by atoms with Crippen molar-refractivity contribution >= 4 is 5.91 Å². The Morgan fingerprint density at radius 1 is 1.28 bits per heavy atom. The molecule has 5 nitrogen and oxygen atoms in total. The van der Waals surface area contributed by atoms with Crippen molar-refractivity contribution in [3.63, 3.8) is 0 Å². The lowest BCUT2D eigenvalue weighted by Gasteiger charge is -2.42. The molecule has 2 N–H and O–H groups in total. The fraction of sp³-hybridized carbons (Fsp3) is 0.650. The Morgan fingerprint density at radius 3 is 2.48 bits per heavy atom. The molecule has 0 aromatic heterocycles. The summed E-state index contributed by atoms with van der Waals surface area (Å²) in [6.07, 6.45) is 0.852. The van der Waals surface area contributed by atoms with Crippen LogP contribution in [0.3, 0.4) is 0 Å². The first-order valence-electron chi connectivity index (χ1n) is 9.37. The third-order valence-corrected chi connectivity index (χ3v) is 5.27. The van der Waals surface area contributed by atoms with Crippen molar-refractivity contribution in [1.82, 2.24) is 9.80 Å². The molecule has 1 aliphatic rings. The molecule has 140 valence electrons. The van der Waals surface area contributed by atoms with Gasteiger partial charge in [-0.05, 0) is 49.2 Å². The van der Waals surface area contributed by atoms with Gasteiger partial charge in [0, 0.05) is 31.2 Å². The highest BCUT2D eigenvalue weighted by atomic mass is 16.5. The summed E-state index contributed by atoms with van der Waals surface area (Å²) in [5.41, 5.74) is 6.83. The highest BCUT2D eigenvalue weighted by Crippen LogP contribution is 2.28. The highest BCUT2D eigenvalue weighted by molar-refractivity contribution is 5.94.